The molecule has 0 saturated carbocycles. The molecule has 4 heteroatoms. The molecule has 1 rings (SSSR count). The first kappa shape index (κ1) is 9.13. The van der Waals surface area contributed by atoms with E-state index in [1.54, 1.807) is 0 Å². The maximum atomic E-state index is 12.7. The molecule has 0 saturated heterocycles. The first-order chi connectivity index (χ1) is 5.16. The van der Waals surface area contributed by atoms with Gasteiger partial charge in [0.05, 0.1) is 4.47 Å². The van der Waals surface area contributed by atoms with E-state index >= 15 is 0 Å². The lowest BCUT2D eigenvalue weighted by atomic mass is 10.2. The van der Waals surface area contributed by atoms with Crippen molar-refractivity contribution < 1.29 is 8.78 Å². The number of rotatable bonds is 1. The zero-order valence-corrected chi connectivity index (χ0v) is 8.55. The summed E-state index contributed by atoms with van der Waals surface area (Å²) in [5.74, 6) is -0.444. The number of hydrogen-bond acceptors (Lipinski definition) is 0. The fourth-order valence-electron chi connectivity index (χ4n) is 0.692. The number of hydrogen-bond donors (Lipinski definition) is 0. The molecule has 0 radical (unpaired) electrons. The second kappa shape index (κ2) is 3.63. The molecule has 1 aromatic carbocycles. The highest BCUT2D eigenvalue weighted by Crippen LogP contribution is 2.28. The van der Waals surface area contributed by atoms with Crippen LogP contribution in [-0.4, -0.2) is 0 Å². The molecule has 0 aliphatic heterocycles. The molecule has 60 valence electrons. The molecule has 0 aliphatic rings. The average Bonchev–Trinajstić information content (AvgIpc) is 1.99. The molecule has 0 aromatic heterocycles. The van der Waals surface area contributed by atoms with Crippen molar-refractivity contribution >= 4 is 31.9 Å². The van der Waals surface area contributed by atoms with Gasteiger partial charge >= 0.3 is 0 Å². The van der Waals surface area contributed by atoms with Gasteiger partial charge in [0.25, 0.3) is 0 Å². The SMILES string of the molecule is FCc1c(Br)ccc(F)c1Br. The Hall–Kier alpha value is 0.0400. The van der Waals surface area contributed by atoms with Gasteiger partial charge in [-0.1, -0.05) is 15.9 Å². The summed E-state index contributed by atoms with van der Waals surface area (Å²) in [6.07, 6.45) is 0. The normalized spacial score (nSPS) is 10.2. The van der Waals surface area contributed by atoms with Crippen molar-refractivity contribution in [3.8, 4) is 0 Å². The van der Waals surface area contributed by atoms with Crippen molar-refractivity contribution in [2.75, 3.05) is 0 Å². The van der Waals surface area contributed by atoms with Gasteiger partial charge in [-0.2, -0.15) is 0 Å². The maximum absolute atomic E-state index is 12.7. The zero-order valence-electron chi connectivity index (χ0n) is 5.37. The highest BCUT2D eigenvalue weighted by atomic mass is 79.9. The Balaban J connectivity index is 3.29. The Morgan fingerprint density at radius 3 is 2.36 bits per heavy atom. The van der Waals surface area contributed by atoms with Gasteiger partial charge in [-0.25, -0.2) is 8.78 Å². The third-order valence-corrected chi connectivity index (χ3v) is 2.87. The fourth-order valence-corrected chi connectivity index (χ4v) is 1.85. The van der Waals surface area contributed by atoms with Gasteiger partial charge in [0, 0.05) is 10.0 Å². The van der Waals surface area contributed by atoms with Crippen LogP contribution in [0.3, 0.4) is 0 Å². The molecule has 0 N–H and O–H groups in total. The fraction of sp³-hybridized carbons (Fsp3) is 0.143. The van der Waals surface area contributed by atoms with Crippen LogP contribution in [0.15, 0.2) is 21.1 Å². The molecule has 0 atom stereocenters. The minimum Gasteiger partial charge on any atom is -0.246 e. The van der Waals surface area contributed by atoms with Crippen LogP contribution in [0.1, 0.15) is 5.56 Å². The third kappa shape index (κ3) is 1.79. The minimum absolute atomic E-state index is 0.189. The van der Waals surface area contributed by atoms with E-state index in [9.17, 15) is 8.78 Å². The van der Waals surface area contributed by atoms with E-state index in [0.29, 0.717) is 10.0 Å². The number of alkyl halides is 1. The van der Waals surface area contributed by atoms with E-state index in [2.05, 4.69) is 31.9 Å². The van der Waals surface area contributed by atoms with Crippen LogP contribution in [-0.2, 0) is 6.67 Å². The Morgan fingerprint density at radius 2 is 1.91 bits per heavy atom. The van der Waals surface area contributed by atoms with E-state index in [1.807, 2.05) is 0 Å². The van der Waals surface area contributed by atoms with Gasteiger partial charge in [0.15, 0.2) is 0 Å². The number of halogens is 4. The van der Waals surface area contributed by atoms with Crippen molar-refractivity contribution in [2.24, 2.45) is 0 Å². The first-order valence-electron chi connectivity index (χ1n) is 2.85. The highest BCUT2D eigenvalue weighted by Gasteiger charge is 2.08. The maximum Gasteiger partial charge on any atom is 0.137 e. The van der Waals surface area contributed by atoms with Gasteiger partial charge < -0.3 is 0 Å². The van der Waals surface area contributed by atoms with E-state index in [0.717, 1.165) is 0 Å². The Kier molecular flexibility index (Phi) is 3.01. The third-order valence-electron chi connectivity index (χ3n) is 1.27. The largest absolute Gasteiger partial charge is 0.246 e. The van der Waals surface area contributed by atoms with Gasteiger partial charge in [-0.3, -0.25) is 0 Å². The molecule has 0 fully saturated rings. The van der Waals surface area contributed by atoms with Crippen molar-refractivity contribution in [3.05, 3.63) is 32.5 Å². The molecular weight excluding hydrogens is 282 g/mol. The summed E-state index contributed by atoms with van der Waals surface area (Å²) in [5.41, 5.74) is 0.310. The van der Waals surface area contributed by atoms with E-state index in [1.165, 1.54) is 12.1 Å². The highest BCUT2D eigenvalue weighted by molar-refractivity contribution is 9.11. The summed E-state index contributed by atoms with van der Waals surface area (Å²) >= 11 is 6.05. The zero-order chi connectivity index (χ0) is 8.43. The van der Waals surface area contributed by atoms with Crippen molar-refractivity contribution in [3.63, 3.8) is 0 Å². The molecule has 1 aromatic rings. The van der Waals surface area contributed by atoms with Gasteiger partial charge in [0.1, 0.15) is 12.5 Å². The summed E-state index contributed by atoms with van der Waals surface area (Å²) in [6.45, 7) is -0.682. The quantitative estimate of drug-likeness (QED) is 0.688. The molecule has 0 spiro atoms. The summed E-state index contributed by atoms with van der Waals surface area (Å²) in [4.78, 5) is 0. The lowest BCUT2D eigenvalue weighted by Gasteiger charge is -2.02. The lowest BCUT2D eigenvalue weighted by molar-refractivity contribution is 0.478. The average molecular weight is 286 g/mol. The second-order valence-corrected chi connectivity index (χ2v) is 3.60. The minimum atomic E-state index is -0.682. The Morgan fingerprint density at radius 1 is 1.27 bits per heavy atom. The van der Waals surface area contributed by atoms with Crippen LogP contribution in [0.25, 0.3) is 0 Å². The van der Waals surface area contributed by atoms with E-state index in [4.69, 9.17) is 0 Å². The number of benzene rings is 1. The molecule has 11 heavy (non-hydrogen) atoms. The monoisotopic (exact) mass is 284 g/mol. The predicted molar refractivity (Wildman–Crippen MR) is 46.6 cm³/mol. The molecular formula is C7H4Br2F2. The smallest absolute Gasteiger partial charge is 0.137 e. The topological polar surface area (TPSA) is 0 Å². The van der Waals surface area contributed by atoms with Crippen molar-refractivity contribution in [1.29, 1.82) is 0 Å². The summed E-state index contributed by atoms with van der Waals surface area (Å²) in [5, 5.41) is 0. The molecule has 0 bridgehead atoms. The molecule has 0 nitrogen and oxygen atoms in total. The predicted octanol–water partition coefficient (Wildman–Crippen LogP) is 3.82. The summed E-state index contributed by atoms with van der Waals surface area (Å²) in [7, 11) is 0. The van der Waals surface area contributed by atoms with Crippen LogP contribution in [0, 0.1) is 5.82 Å². The first-order valence-corrected chi connectivity index (χ1v) is 4.43. The molecule has 0 unspecified atom stereocenters. The van der Waals surface area contributed by atoms with Crippen molar-refractivity contribution in [2.45, 2.75) is 6.67 Å². The summed E-state index contributed by atoms with van der Waals surface area (Å²) in [6, 6.07) is 2.75. The van der Waals surface area contributed by atoms with Crippen LogP contribution in [0.2, 0.25) is 0 Å². The Bertz CT molecular complexity index is 273. The molecule has 0 heterocycles. The van der Waals surface area contributed by atoms with E-state index < -0.39 is 12.5 Å². The Labute approximate surface area is 79.9 Å². The molecule has 0 aliphatic carbocycles. The summed E-state index contributed by atoms with van der Waals surface area (Å²) < 4.78 is 25.7. The standard InChI is InChI=1S/C7H4Br2F2/c8-5-1-2-6(11)7(9)4(5)3-10/h1-2H,3H2. The van der Waals surface area contributed by atoms with Crippen molar-refractivity contribution in [1.82, 2.24) is 0 Å². The van der Waals surface area contributed by atoms with E-state index in [-0.39, 0.29) is 4.47 Å². The second-order valence-electron chi connectivity index (χ2n) is 1.96. The van der Waals surface area contributed by atoms with Gasteiger partial charge in [-0.05, 0) is 28.1 Å². The van der Waals surface area contributed by atoms with Crippen LogP contribution in [0.5, 0.6) is 0 Å². The van der Waals surface area contributed by atoms with Gasteiger partial charge in [-0.15, -0.1) is 0 Å². The van der Waals surface area contributed by atoms with Crippen LogP contribution < -0.4 is 0 Å². The lowest BCUT2D eigenvalue weighted by Crippen LogP contribution is -1.87. The molecule has 0 amide bonds. The van der Waals surface area contributed by atoms with Crippen LogP contribution in [0.4, 0.5) is 8.78 Å². The van der Waals surface area contributed by atoms with Crippen LogP contribution >= 0.6 is 31.9 Å². The van der Waals surface area contributed by atoms with Gasteiger partial charge in [0.2, 0.25) is 0 Å².